The molecule has 1 heterocycles. The molecule has 1 aliphatic rings. The summed E-state index contributed by atoms with van der Waals surface area (Å²) in [6.45, 7) is 2.82. The van der Waals surface area contributed by atoms with Crippen molar-refractivity contribution in [3.63, 3.8) is 0 Å². The highest BCUT2D eigenvalue weighted by Gasteiger charge is 2.25. The van der Waals surface area contributed by atoms with Crippen LogP contribution in [0.3, 0.4) is 0 Å². The molecule has 3 heteroatoms. The summed E-state index contributed by atoms with van der Waals surface area (Å²) in [5, 5.41) is 8.55. The summed E-state index contributed by atoms with van der Waals surface area (Å²) in [6, 6.07) is 11.2. The van der Waals surface area contributed by atoms with E-state index in [1.165, 1.54) is 11.1 Å². The first-order valence-electron chi connectivity index (χ1n) is 6.75. The Morgan fingerprint density at radius 1 is 1.33 bits per heavy atom. The molecule has 2 N–H and O–H groups in total. The van der Waals surface area contributed by atoms with Crippen LogP contribution in [0.1, 0.15) is 36.4 Å². The van der Waals surface area contributed by atoms with Crippen molar-refractivity contribution in [1.82, 2.24) is 4.90 Å². The standard InChI is InChI=1S/C15H21N3/c16-9-4-1-5-10-18-11-8-13-6-2-3-7-14(13)15(18)12-17/h2-3,6-7,15H,1,4-5,8,10-12,17H2. The second-order valence-electron chi connectivity index (χ2n) is 4.85. The summed E-state index contributed by atoms with van der Waals surface area (Å²) in [4.78, 5) is 2.47. The molecule has 0 amide bonds. The van der Waals surface area contributed by atoms with Crippen LogP contribution in [0.4, 0.5) is 0 Å². The summed E-state index contributed by atoms with van der Waals surface area (Å²) in [7, 11) is 0. The second-order valence-corrected chi connectivity index (χ2v) is 4.85. The van der Waals surface area contributed by atoms with Crippen molar-refractivity contribution in [2.45, 2.75) is 31.7 Å². The van der Waals surface area contributed by atoms with E-state index >= 15 is 0 Å². The summed E-state index contributed by atoms with van der Waals surface area (Å²) < 4.78 is 0. The molecule has 1 aromatic rings. The molecule has 0 aromatic heterocycles. The van der Waals surface area contributed by atoms with Crippen molar-refractivity contribution in [1.29, 1.82) is 5.26 Å². The van der Waals surface area contributed by atoms with E-state index < -0.39 is 0 Å². The number of fused-ring (bicyclic) bond motifs is 1. The first-order chi connectivity index (χ1) is 8.86. The number of hydrogen-bond acceptors (Lipinski definition) is 3. The number of benzene rings is 1. The van der Waals surface area contributed by atoms with Gasteiger partial charge in [0.15, 0.2) is 0 Å². The molecule has 18 heavy (non-hydrogen) atoms. The Morgan fingerprint density at radius 3 is 2.94 bits per heavy atom. The molecule has 1 unspecified atom stereocenters. The van der Waals surface area contributed by atoms with Crippen molar-refractivity contribution in [2.24, 2.45) is 5.73 Å². The van der Waals surface area contributed by atoms with Gasteiger partial charge in [-0.15, -0.1) is 0 Å². The van der Waals surface area contributed by atoms with E-state index in [9.17, 15) is 0 Å². The number of unbranched alkanes of at least 4 members (excludes halogenated alkanes) is 2. The van der Waals surface area contributed by atoms with E-state index in [0.717, 1.165) is 32.4 Å². The molecule has 1 aliphatic heterocycles. The third-order valence-corrected chi connectivity index (χ3v) is 3.73. The van der Waals surface area contributed by atoms with Crippen LogP contribution in [0.5, 0.6) is 0 Å². The molecule has 3 nitrogen and oxygen atoms in total. The van der Waals surface area contributed by atoms with Gasteiger partial charge in [-0.1, -0.05) is 24.3 Å². The smallest absolute Gasteiger partial charge is 0.0621 e. The van der Waals surface area contributed by atoms with E-state index in [4.69, 9.17) is 11.0 Å². The highest BCUT2D eigenvalue weighted by atomic mass is 15.2. The van der Waals surface area contributed by atoms with Gasteiger partial charge in [0.05, 0.1) is 6.07 Å². The third kappa shape index (κ3) is 2.90. The predicted octanol–water partition coefficient (Wildman–Crippen LogP) is 2.24. The Bertz CT molecular complexity index is 422. The van der Waals surface area contributed by atoms with Crippen LogP contribution in [0, 0.1) is 11.3 Å². The Labute approximate surface area is 109 Å². The molecule has 1 atom stereocenters. The van der Waals surface area contributed by atoms with Gasteiger partial charge >= 0.3 is 0 Å². The van der Waals surface area contributed by atoms with Gasteiger partial charge in [-0.25, -0.2) is 0 Å². The molecule has 0 radical (unpaired) electrons. The van der Waals surface area contributed by atoms with Gasteiger partial charge in [-0.2, -0.15) is 5.26 Å². The monoisotopic (exact) mass is 243 g/mol. The lowest BCUT2D eigenvalue weighted by atomic mass is 9.92. The normalized spacial score (nSPS) is 19.2. The van der Waals surface area contributed by atoms with Gasteiger partial charge < -0.3 is 5.73 Å². The fourth-order valence-corrected chi connectivity index (χ4v) is 2.77. The van der Waals surface area contributed by atoms with Gasteiger partial charge in [0.2, 0.25) is 0 Å². The molecule has 0 bridgehead atoms. The molecule has 0 fully saturated rings. The molecule has 96 valence electrons. The maximum absolute atomic E-state index is 8.55. The molecule has 0 saturated heterocycles. The van der Waals surface area contributed by atoms with Gasteiger partial charge in [-0.05, 0) is 36.9 Å². The van der Waals surface area contributed by atoms with Crippen molar-refractivity contribution in [3.8, 4) is 6.07 Å². The minimum atomic E-state index is 0.358. The van der Waals surface area contributed by atoms with E-state index in [1.54, 1.807) is 0 Å². The predicted molar refractivity (Wildman–Crippen MR) is 73.0 cm³/mol. The van der Waals surface area contributed by atoms with Crippen molar-refractivity contribution in [2.75, 3.05) is 19.6 Å². The van der Waals surface area contributed by atoms with Crippen LogP contribution < -0.4 is 5.73 Å². The number of nitrogens with two attached hydrogens (primary N) is 1. The first-order valence-corrected chi connectivity index (χ1v) is 6.75. The zero-order valence-electron chi connectivity index (χ0n) is 10.8. The summed E-state index contributed by atoms with van der Waals surface area (Å²) in [6.07, 6.45) is 3.86. The minimum absolute atomic E-state index is 0.358. The largest absolute Gasteiger partial charge is 0.329 e. The highest BCUT2D eigenvalue weighted by Crippen LogP contribution is 2.28. The van der Waals surface area contributed by atoms with Gasteiger partial charge in [0, 0.05) is 25.6 Å². The fraction of sp³-hybridized carbons (Fsp3) is 0.533. The Kier molecular flexibility index (Phi) is 4.74. The van der Waals surface area contributed by atoms with Crippen LogP contribution in [0.25, 0.3) is 0 Å². The average molecular weight is 243 g/mol. The van der Waals surface area contributed by atoms with E-state index in [0.29, 0.717) is 19.0 Å². The van der Waals surface area contributed by atoms with Crippen LogP contribution in [-0.2, 0) is 6.42 Å². The molecular formula is C15H21N3. The van der Waals surface area contributed by atoms with E-state index in [2.05, 4.69) is 35.2 Å². The van der Waals surface area contributed by atoms with E-state index in [1.807, 2.05) is 0 Å². The summed E-state index contributed by atoms with van der Waals surface area (Å²) in [5.41, 5.74) is 8.79. The summed E-state index contributed by atoms with van der Waals surface area (Å²) >= 11 is 0. The third-order valence-electron chi connectivity index (χ3n) is 3.73. The molecule has 2 rings (SSSR count). The highest BCUT2D eigenvalue weighted by molar-refractivity contribution is 5.32. The van der Waals surface area contributed by atoms with Crippen LogP contribution in [0.15, 0.2) is 24.3 Å². The first kappa shape index (κ1) is 13.1. The zero-order chi connectivity index (χ0) is 12.8. The lowest BCUT2D eigenvalue weighted by molar-refractivity contribution is 0.186. The molecular weight excluding hydrogens is 222 g/mol. The Hall–Kier alpha value is -1.37. The van der Waals surface area contributed by atoms with Crippen molar-refractivity contribution >= 4 is 0 Å². The maximum atomic E-state index is 8.55. The number of nitriles is 1. The van der Waals surface area contributed by atoms with Crippen molar-refractivity contribution < 1.29 is 0 Å². The molecule has 0 saturated carbocycles. The number of rotatable bonds is 5. The zero-order valence-corrected chi connectivity index (χ0v) is 10.8. The van der Waals surface area contributed by atoms with Gasteiger partial charge in [0.1, 0.15) is 0 Å². The fourth-order valence-electron chi connectivity index (χ4n) is 2.77. The van der Waals surface area contributed by atoms with Crippen LogP contribution >= 0.6 is 0 Å². The SMILES string of the molecule is N#CCCCCN1CCc2ccccc2C1CN. The quantitative estimate of drug-likeness (QED) is 0.807. The maximum Gasteiger partial charge on any atom is 0.0621 e. The lowest BCUT2D eigenvalue weighted by Gasteiger charge is -2.36. The Morgan fingerprint density at radius 2 is 2.17 bits per heavy atom. The van der Waals surface area contributed by atoms with Crippen LogP contribution in [-0.4, -0.2) is 24.5 Å². The number of nitrogens with zero attached hydrogens (tertiary/aromatic N) is 2. The topological polar surface area (TPSA) is 53.0 Å². The molecule has 0 spiro atoms. The minimum Gasteiger partial charge on any atom is -0.329 e. The summed E-state index contributed by atoms with van der Waals surface area (Å²) in [5.74, 6) is 0. The average Bonchev–Trinajstić information content (AvgIpc) is 2.43. The van der Waals surface area contributed by atoms with E-state index in [-0.39, 0.29) is 0 Å². The molecule has 1 aromatic carbocycles. The molecule has 0 aliphatic carbocycles. The van der Waals surface area contributed by atoms with Crippen molar-refractivity contribution in [3.05, 3.63) is 35.4 Å². The lowest BCUT2D eigenvalue weighted by Crippen LogP contribution is -2.39. The van der Waals surface area contributed by atoms with Gasteiger partial charge in [-0.3, -0.25) is 4.90 Å². The van der Waals surface area contributed by atoms with Gasteiger partial charge in [0.25, 0.3) is 0 Å². The second kappa shape index (κ2) is 6.53. The Balaban J connectivity index is 2.00. The van der Waals surface area contributed by atoms with Crippen LogP contribution in [0.2, 0.25) is 0 Å². The number of hydrogen-bond donors (Lipinski definition) is 1.